The van der Waals surface area contributed by atoms with Gasteiger partial charge in [-0.3, -0.25) is 4.79 Å². The van der Waals surface area contributed by atoms with Crippen molar-refractivity contribution in [2.24, 2.45) is 0 Å². The molecule has 2 aromatic carbocycles. The maximum atomic E-state index is 12.9. The number of hydrogen-bond donors (Lipinski definition) is 1. The van der Waals surface area contributed by atoms with E-state index in [4.69, 9.17) is 0 Å². The number of nitrogens with one attached hydrogen (secondary N) is 1. The largest absolute Gasteiger partial charge is 0.354 e. The Kier molecular flexibility index (Phi) is 5.23. The second-order valence-corrected chi connectivity index (χ2v) is 6.23. The molecule has 0 radical (unpaired) electrons. The molecule has 0 bridgehead atoms. The fourth-order valence-electron chi connectivity index (χ4n) is 3.01. The molecule has 1 N–H and O–H groups in total. The van der Waals surface area contributed by atoms with Crippen molar-refractivity contribution in [2.75, 3.05) is 6.54 Å². The van der Waals surface area contributed by atoms with Crippen molar-refractivity contribution < 1.29 is 4.79 Å². The van der Waals surface area contributed by atoms with Gasteiger partial charge in [-0.15, -0.1) is 0 Å². The summed E-state index contributed by atoms with van der Waals surface area (Å²) in [5, 5.41) is 7.21. The number of nitrogens with zero attached hydrogens (tertiary/aromatic N) is 3. The monoisotopic (exact) mass is 334 g/mol. The number of hydrogen-bond acceptors (Lipinski definition) is 3. The third-order valence-electron chi connectivity index (χ3n) is 4.06. The summed E-state index contributed by atoms with van der Waals surface area (Å²) in [7, 11) is 0. The van der Waals surface area contributed by atoms with Gasteiger partial charge in [0, 0.05) is 6.54 Å². The van der Waals surface area contributed by atoms with Crippen LogP contribution in [0.25, 0.3) is 0 Å². The predicted octanol–water partition coefficient (Wildman–Crippen LogP) is 2.84. The van der Waals surface area contributed by atoms with Crippen molar-refractivity contribution in [2.45, 2.75) is 26.3 Å². The van der Waals surface area contributed by atoms with E-state index in [1.54, 1.807) is 11.0 Å². The van der Waals surface area contributed by atoms with Crippen molar-refractivity contribution in [1.29, 1.82) is 0 Å². The first-order valence-corrected chi connectivity index (χ1v) is 8.37. The summed E-state index contributed by atoms with van der Waals surface area (Å²) >= 11 is 0. The molecule has 1 amide bonds. The van der Waals surface area contributed by atoms with Crippen molar-refractivity contribution in [3.63, 3.8) is 0 Å². The number of carbonyl (C=O) groups excluding carboxylic acids is 1. The van der Waals surface area contributed by atoms with Gasteiger partial charge in [0.1, 0.15) is 12.7 Å². The lowest BCUT2D eigenvalue weighted by molar-refractivity contribution is -0.123. The molecule has 0 fully saturated rings. The molecular weight excluding hydrogens is 312 g/mol. The molecule has 3 aromatic rings. The van der Waals surface area contributed by atoms with Crippen LogP contribution < -0.4 is 5.32 Å². The van der Waals surface area contributed by atoms with Crippen LogP contribution in [0.15, 0.2) is 61.2 Å². The predicted molar refractivity (Wildman–Crippen MR) is 97.2 cm³/mol. The Morgan fingerprint density at radius 2 is 1.84 bits per heavy atom. The lowest BCUT2D eigenvalue weighted by Gasteiger charge is -2.18. The van der Waals surface area contributed by atoms with Crippen molar-refractivity contribution in [3.8, 4) is 0 Å². The molecule has 0 aliphatic carbocycles. The SMILES string of the molecule is Cc1cc(C)cc(C(C(=O)NCCc2ccccc2)n2cncn2)c1. The maximum absolute atomic E-state index is 12.9. The van der Waals surface area contributed by atoms with E-state index >= 15 is 0 Å². The van der Waals surface area contributed by atoms with E-state index in [0.717, 1.165) is 23.1 Å². The van der Waals surface area contributed by atoms with Gasteiger partial charge in [0.05, 0.1) is 0 Å². The first-order valence-electron chi connectivity index (χ1n) is 8.37. The van der Waals surface area contributed by atoms with Gasteiger partial charge in [-0.25, -0.2) is 9.67 Å². The Bertz CT molecular complexity index is 808. The van der Waals surface area contributed by atoms with Gasteiger partial charge in [0.25, 0.3) is 0 Å². The van der Waals surface area contributed by atoms with Crippen LogP contribution in [0.2, 0.25) is 0 Å². The summed E-state index contributed by atoms with van der Waals surface area (Å²) in [6.45, 7) is 4.64. The Morgan fingerprint density at radius 3 is 2.48 bits per heavy atom. The van der Waals surface area contributed by atoms with Crippen LogP contribution in [0.1, 0.15) is 28.3 Å². The minimum absolute atomic E-state index is 0.0774. The molecule has 1 atom stereocenters. The molecule has 5 nitrogen and oxygen atoms in total. The lowest BCUT2D eigenvalue weighted by atomic mass is 10.0. The highest BCUT2D eigenvalue weighted by atomic mass is 16.2. The maximum Gasteiger partial charge on any atom is 0.249 e. The first-order chi connectivity index (χ1) is 12.1. The normalized spacial score (nSPS) is 11.9. The number of aryl methyl sites for hydroxylation is 2. The van der Waals surface area contributed by atoms with Crippen LogP contribution in [0, 0.1) is 13.8 Å². The molecule has 0 aliphatic rings. The van der Waals surface area contributed by atoms with Crippen LogP contribution in [0.4, 0.5) is 0 Å². The number of amides is 1. The molecule has 128 valence electrons. The highest BCUT2D eigenvalue weighted by molar-refractivity contribution is 5.83. The zero-order chi connectivity index (χ0) is 17.6. The van der Waals surface area contributed by atoms with Crippen molar-refractivity contribution in [1.82, 2.24) is 20.1 Å². The smallest absolute Gasteiger partial charge is 0.249 e. The van der Waals surface area contributed by atoms with Gasteiger partial charge in [-0.05, 0) is 31.4 Å². The van der Waals surface area contributed by atoms with Crippen LogP contribution >= 0.6 is 0 Å². The summed E-state index contributed by atoms with van der Waals surface area (Å²) in [4.78, 5) is 16.9. The molecule has 1 heterocycles. The Balaban J connectivity index is 1.76. The molecular formula is C20H22N4O. The fraction of sp³-hybridized carbons (Fsp3) is 0.250. The second kappa shape index (κ2) is 7.75. The number of rotatable bonds is 6. The Hall–Kier alpha value is -2.95. The van der Waals surface area contributed by atoms with Gasteiger partial charge in [0.15, 0.2) is 6.04 Å². The Labute approximate surface area is 147 Å². The van der Waals surface area contributed by atoms with Crippen molar-refractivity contribution in [3.05, 3.63) is 83.4 Å². The third kappa shape index (κ3) is 4.32. The minimum atomic E-state index is -0.517. The number of carbonyl (C=O) groups is 1. The zero-order valence-corrected chi connectivity index (χ0v) is 14.5. The van der Waals surface area contributed by atoms with Gasteiger partial charge in [-0.1, -0.05) is 59.7 Å². The van der Waals surface area contributed by atoms with Crippen molar-refractivity contribution >= 4 is 5.91 Å². The van der Waals surface area contributed by atoms with Crippen LogP contribution in [0.5, 0.6) is 0 Å². The van der Waals surface area contributed by atoms with E-state index in [-0.39, 0.29) is 5.91 Å². The standard InChI is InChI=1S/C20H22N4O/c1-15-10-16(2)12-18(11-15)19(24-14-21-13-23-24)20(25)22-9-8-17-6-4-3-5-7-17/h3-7,10-14,19H,8-9H2,1-2H3,(H,22,25). The topological polar surface area (TPSA) is 59.8 Å². The average Bonchev–Trinajstić information content (AvgIpc) is 3.09. The fourth-order valence-corrected chi connectivity index (χ4v) is 3.01. The molecule has 25 heavy (non-hydrogen) atoms. The van der Waals surface area contributed by atoms with Gasteiger partial charge in [0.2, 0.25) is 5.91 Å². The molecule has 5 heteroatoms. The summed E-state index contributed by atoms with van der Waals surface area (Å²) in [6, 6.07) is 15.7. The van der Waals surface area contributed by atoms with E-state index in [2.05, 4.69) is 33.6 Å². The van der Waals surface area contributed by atoms with Gasteiger partial charge < -0.3 is 5.32 Å². The van der Waals surface area contributed by atoms with Gasteiger partial charge >= 0.3 is 0 Å². The molecule has 0 saturated heterocycles. The first kappa shape index (κ1) is 16.9. The van der Waals surface area contributed by atoms with Crippen LogP contribution in [-0.4, -0.2) is 27.2 Å². The third-order valence-corrected chi connectivity index (χ3v) is 4.06. The highest BCUT2D eigenvalue weighted by Crippen LogP contribution is 2.20. The Morgan fingerprint density at radius 1 is 1.12 bits per heavy atom. The molecule has 3 rings (SSSR count). The van der Waals surface area contributed by atoms with Gasteiger partial charge in [-0.2, -0.15) is 5.10 Å². The number of benzene rings is 2. The van der Waals surface area contributed by atoms with Crippen LogP contribution in [-0.2, 0) is 11.2 Å². The summed E-state index contributed by atoms with van der Waals surface area (Å²) < 4.78 is 1.60. The summed E-state index contributed by atoms with van der Waals surface area (Å²) in [5.74, 6) is -0.0774. The molecule has 0 spiro atoms. The van der Waals surface area contributed by atoms with E-state index in [1.807, 2.05) is 44.2 Å². The molecule has 1 aromatic heterocycles. The van der Waals surface area contributed by atoms with E-state index < -0.39 is 6.04 Å². The number of aromatic nitrogens is 3. The highest BCUT2D eigenvalue weighted by Gasteiger charge is 2.23. The zero-order valence-electron chi connectivity index (χ0n) is 14.5. The summed E-state index contributed by atoms with van der Waals surface area (Å²) in [5.41, 5.74) is 4.36. The van der Waals surface area contributed by atoms with Crippen LogP contribution in [0.3, 0.4) is 0 Å². The van der Waals surface area contributed by atoms with E-state index in [1.165, 1.54) is 11.9 Å². The minimum Gasteiger partial charge on any atom is -0.354 e. The lowest BCUT2D eigenvalue weighted by Crippen LogP contribution is -2.35. The van der Waals surface area contributed by atoms with E-state index in [9.17, 15) is 4.79 Å². The van der Waals surface area contributed by atoms with E-state index in [0.29, 0.717) is 6.54 Å². The molecule has 0 aliphatic heterocycles. The average molecular weight is 334 g/mol. The summed E-state index contributed by atoms with van der Waals surface area (Å²) in [6.07, 6.45) is 3.83. The molecule has 1 unspecified atom stereocenters. The quantitative estimate of drug-likeness (QED) is 0.754. The molecule has 0 saturated carbocycles. The second-order valence-electron chi connectivity index (χ2n) is 6.23.